The van der Waals surface area contributed by atoms with Gasteiger partial charge in [-0.05, 0) is 49.2 Å². The van der Waals surface area contributed by atoms with Crippen LogP contribution in [0.25, 0.3) is 0 Å². The molecular formula is C16H16BrFN2O. The maximum Gasteiger partial charge on any atom is 0.130 e. The van der Waals surface area contributed by atoms with Crippen molar-refractivity contribution in [1.29, 1.82) is 5.41 Å². The highest BCUT2D eigenvalue weighted by Gasteiger charge is 2.10. The lowest BCUT2D eigenvalue weighted by atomic mass is 10.1. The second kappa shape index (κ2) is 6.26. The summed E-state index contributed by atoms with van der Waals surface area (Å²) in [5.41, 5.74) is 8.39. The molecule has 21 heavy (non-hydrogen) atoms. The van der Waals surface area contributed by atoms with Crippen molar-refractivity contribution in [1.82, 2.24) is 0 Å². The molecule has 0 radical (unpaired) electrons. The Morgan fingerprint density at radius 3 is 2.38 bits per heavy atom. The quantitative estimate of drug-likeness (QED) is 0.644. The van der Waals surface area contributed by atoms with Crippen LogP contribution in [0, 0.1) is 25.1 Å². The fraction of sp³-hybridized carbons (Fsp3) is 0.188. The summed E-state index contributed by atoms with van der Waals surface area (Å²) in [6.45, 7) is 3.92. The molecule has 0 spiro atoms. The fourth-order valence-corrected chi connectivity index (χ4v) is 2.46. The number of hydrogen-bond acceptors (Lipinski definition) is 2. The van der Waals surface area contributed by atoms with Gasteiger partial charge in [0.05, 0.1) is 0 Å². The largest absolute Gasteiger partial charge is 0.488 e. The van der Waals surface area contributed by atoms with Crippen LogP contribution in [0.15, 0.2) is 34.8 Å². The van der Waals surface area contributed by atoms with E-state index in [1.165, 1.54) is 6.07 Å². The first-order chi connectivity index (χ1) is 9.88. The van der Waals surface area contributed by atoms with E-state index >= 15 is 0 Å². The summed E-state index contributed by atoms with van der Waals surface area (Å²) in [5.74, 6) is 0.411. The molecule has 0 aromatic heterocycles. The third-order valence-electron chi connectivity index (χ3n) is 3.16. The fourth-order valence-electron chi connectivity index (χ4n) is 2.12. The molecule has 0 amide bonds. The molecule has 0 heterocycles. The van der Waals surface area contributed by atoms with Gasteiger partial charge in [0.1, 0.15) is 24.0 Å². The molecule has 2 aromatic rings. The Kier molecular flexibility index (Phi) is 4.63. The van der Waals surface area contributed by atoms with Crippen LogP contribution in [0.3, 0.4) is 0 Å². The lowest BCUT2D eigenvalue weighted by molar-refractivity contribution is 0.295. The molecule has 3 nitrogen and oxygen atoms in total. The average Bonchev–Trinajstić information content (AvgIpc) is 2.39. The van der Waals surface area contributed by atoms with Crippen LogP contribution < -0.4 is 10.5 Å². The minimum atomic E-state index is -0.306. The van der Waals surface area contributed by atoms with E-state index in [1.54, 1.807) is 24.3 Å². The van der Waals surface area contributed by atoms with Crippen LogP contribution in [-0.4, -0.2) is 5.84 Å². The van der Waals surface area contributed by atoms with Gasteiger partial charge in [0.15, 0.2) is 0 Å². The SMILES string of the molecule is Cc1cc(C(=N)N)cc(C)c1OCc1ccc(Br)cc1F. The summed E-state index contributed by atoms with van der Waals surface area (Å²) < 4.78 is 20.2. The van der Waals surface area contributed by atoms with Crippen LogP contribution in [0.5, 0.6) is 5.75 Å². The summed E-state index contributed by atoms with van der Waals surface area (Å²) in [7, 11) is 0. The predicted octanol–water partition coefficient (Wildman–Crippen LogP) is 4.07. The zero-order chi connectivity index (χ0) is 15.6. The molecule has 5 heteroatoms. The number of ether oxygens (including phenoxy) is 1. The molecule has 0 saturated heterocycles. The lowest BCUT2D eigenvalue weighted by Gasteiger charge is -2.14. The molecule has 0 fully saturated rings. The third-order valence-corrected chi connectivity index (χ3v) is 3.65. The third kappa shape index (κ3) is 3.61. The van der Waals surface area contributed by atoms with E-state index in [0.29, 0.717) is 21.3 Å². The summed E-state index contributed by atoms with van der Waals surface area (Å²) in [6, 6.07) is 8.47. The predicted molar refractivity (Wildman–Crippen MR) is 85.4 cm³/mol. The van der Waals surface area contributed by atoms with Crippen LogP contribution in [0.2, 0.25) is 0 Å². The van der Waals surface area contributed by atoms with Crippen LogP contribution in [0.1, 0.15) is 22.3 Å². The molecule has 0 unspecified atom stereocenters. The minimum Gasteiger partial charge on any atom is -0.488 e. The number of aryl methyl sites for hydroxylation is 2. The number of rotatable bonds is 4. The summed E-state index contributed by atoms with van der Waals surface area (Å²) in [6.07, 6.45) is 0. The van der Waals surface area contributed by atoms with Crippen molar-refractivity contribution in [3.8, 4) is 5.75 Å². The lowest BCUT2D eigenvalue weighted by Crippen LogP contribution is -2.12. The van der Waals surface area contributed by atoms with Gasteiger partial charge in [-0.1, -0.05) is 22.0 Å². The highest BCUT2D eigenvalue weighted by Crippen LogP contribution is 2.26. The van der Waals surface area contributed by atoms with E-state index in [0.717, 1.165) is 11.1 Å². The molecule has 3 N–H and O–H groups in total. The van der Waals surface area contributed by atoms with Crippen molar-refractivity contribution in [2.75, 3.05) is 0 Å². The van der Waals surface area contributed by atoms with Gasteiger partial charge >= 0.3 is 0 Å². The highest BCUT2D eigenvalue weighted by atomic mass is 79.9. The smallest absolute Gasteiger partial charge is 0.130 e. The van der Waals surface area contributed by atoms with Crippen LogP contribution in [0.4, 0.5) is 4.39 Å². The molecule has 0 aliphatic heterocycles. The Morgan fingerprint density at radius 1 is 1.24 bits per heavy atom. The maximum atomic E-state index is 13.8. The highest BCUT2D eigenvalue weighted by molar-refractivity contribution is 9.10. The molecule has 0 aliphatic carbocycles. The number of halogens is 2. The molecule has 0 bridgehead atoms. The standard InChI is InChI=1S/C16H16BrFN2O/c1-9-5-12(16(19)20)6-10(2)15(9)21-8-11-3-4-13(17)7-14(11)18/h3-7H,8H2,1-2H3,(H3,19,20). The van der Waals surface area contributed by atoms with Crippen LogP contribution >= 0.6 is 15.9 Å². The van der Waals surface area contributed by atoms with Gasteiger partial charge in [-0.25, -0.2) is 4.39 Å². The first-order valence-electron chi connectivity index (χ1n) is 6.41. The van der Waals surface area contributed by atoms with Crippen molar-refractivity contribution in [2.45, 2.75) is 20.5 Å². The topological polar surface area (TPSA) is 59.1 Å². The van der Waals surface area contributed by atoms with E-state index in [2.05, 4.69) is 15.9 Å². The molecule has 0 saturated carbocycles. The monoisotopic (exact) mass is 350 g/mol. The summed E-state index contributed by atoms with van der Waals surface area (Å²) >= 11 is 3.22. The summed E-state index contributed by atoms with van der Waals surface area (Å²) in [5, 5.41) is 7.47. The van der Waals surface area contributed by atoms with E-state index in [-0.39, 0.29) is 18.3 Å². The van der Waals surface area contributed by atoms with Gasteiger partial charge < -0.3 is 10.5 Å². The van der Waals surface area contributed by atoms with Gasteiger partial charge in [0.25, 0.3) is 0 Å². The molecule has 110 valence electrons. The molecule has 0 atom stereocenters. The number of nitrogens with one attached hydrogen (secondary N) is 1. The Morgan fingerprint density at radius 2 is 1.86 bits per heavy atom. The van der Waals surface area contributed by atoms with Gasteiger partial charge in [-0.2, -0.15) is 0 Å². The van der Waals surface area contributed by atoms with Crippen LogP contribution in [-0.2, 0) is 6.61 Å². The molecular weight excluding hydrogens is 335 g/mol. The van der Waals surface area contributed by atoms with Gasteiger partial charge in [-0.3, -0.25) is 5.41 Å². The van der Waals surface area contributed by atoms with E-state index < -0.39 is 0 Å². The molecule has 0 aliphatic rings. The van der Waals surface area contributed by atoms with Crippen molar-refractivity contribution in [2.24, 2.45) is 5.73 Å². The number of amidine groups is 1. The van der Waals surface area contributed by atoms with Gasteiger partial charge in [0, 0.05) is 15.6 Å². The Labute approximate surface area is 131 Å². The second-order valence-corrected chi connectivity index (χ2v) is 5.79. The first kappa shape index (κ1) is 15.5. The number of nitrogen functional groups attached to an aromatic ring is 1. The van der Waals surface area contributed by atoms with E-state index in [9.17, 15) is 4.39 Å². The number of hydrogen-bond donors (Lipinski definition) is 2. The Hall–Kier alpha value is -1.88. The van der Waals surface area contributed by atoms with Crippen molar-refractivity contribution in [3.05, 3.63) is 62.9 Å². The van der Waals surface area contributed by atoms with Crippen molar-refractivity contribution in [3.63, 3.8) is 0 Å². The zero-order valence-corrected chi connectivity index (χ0v) is 13.4. The zero-order valence-electron chi connectivity index (χ0n) is 11.8. The minimum absolute atomic E-state index is 0.0201. The van der Waals surface area contributed by atoms with Crippen molar-refractivity contribution < 1.29 is 9.13 Å². The Bertz CT molecular complexity index is 678. The summed E-state index contributed by atoms with van der Waals surface area (Å²) in [4.78, 5) is 0. The van der Waals surface area contributed by atoms with Gasteiger partial charge in [-0.15, -0.1) is 0 Å². The van der Waals surface area contributed by atoms with E-state index in [4.69, 9.17) is 15.9 Å². The first-order valence-corrected chi connectivity index (χ1v) is 7.20. The van der Waals surface area contributed by atoms with E-state index in [1.807, 2.05) is 13.8 Å². The number of benzene rings is 2. The number of nitrogens with two attached hydrogens (primary N) is 1. The van der Waals surface area contributed by atoms with Gasteiger partial charge in [0.2, 0.25) is 0 Å². The Balaban J connectivity index is 2.22. The average molecular weight is 351 g/mol. The maximum absolute atomic E-state index is 13.8. The van der Waals surface area contributed by atoms with Crippen molar-refractivity contribution >= 4 is 21.8 Å². The second-order valence-electron chi connectivity index (χ2n) is 4.88. The molecule has 2 rings (SSSR count). The normalized spacial score (nSPS) is 10.5. The molecule has 2 aromatic carbocycles.